The Bertz CT molecular complexity index is 26.1. The Labute approximate surface area is 42.5 Å². The van der Waals surface area contributed by atoms with Crippen LogP contribution in [0.2, 0.25) is 0 Å². The van der Waals surface area contributed by atoms with Crippen LogP contribution < -0.4 is 0 Å². The molecule has 0 atom stereocenters. The van der Waals surface area contributed by atoms with E-state index < -0.39 is 0 Å². The van der Waals surface area contributed by atoms with E-state index in [9.17, 15) is 0 Å². The van der Waals surface area contributed by atoms with Crippen LogP contribution >= 0.6 is 0 Å². The molecule has 0 aromatic heterocycles. The van der Waals surface area contributed by atoms with Crippen LogP contribution in [-0.4, -0.2) is 30.0 Å². The molecule has 0 aliphatic carbocycles. The van der Waals surface area contributed by atoms with Crippen molar-refractivity contribution in [1.82, 2.24) is 0 Å². The summed E-state index contributed by atoms with van der Waals surface area (Å²) in [5.74, 6) is 0. The van der Waals surface area contributed by atoms with Crippen molar-refractivity contribution in [1.29, 1.82) is 0 Å². The van der Waals surface area contributed by atoms with Crippen LogP contribution in [-0.2, 0) is 4.74 Å². The molecule has 0 rings (SSSR count). The summed E-state index contributed by atoms with van der Waals surface area (Å²) in [4.78, 5) is 0. The highest BCUT2D eigenvalue weighted by Gasteiger charge is 1.80. The summed E-state index contributed by atoms with van der Waals surface area (Å²) in [6, 6.07) is 0. The number of hydrogen-bond donors (Lipinski definition) is 2. The van der Waals surface area contributed by atoms with Crippen molar-refractivity contribution in [3.63, 3.8) is 0 Å². The highest BCUT2D eigenvalue weighted by atomic mass is 16.5. The molecule has 0 amide bonds. The molecule has 1 radical (unpaired) electrons. The number of ether oxygens (including phenoxy) is 1. The van der Waals surface area contributed by atoms with Gasteiger partial charge in [-0.2, -0.15) is 0 Å². The van der Waals surface area contributed by atoms with Crippen molar-refractivity contribution in [3.05, 3.63) is 6.61 Å². The molecule has 0 bridgehead atoms. The van der Waals surface area contributed by atoms with Crippen molar-refractivity contribution in [3.8, 4) is 0 Å². The van der Waals surface area contributed by atoms with Crippen LogP contribution in [0.3, 0.4) is 0 Å². The number of rotatable bonds is 4. The smallest absolute Gasteiger partial charge is 0.109 e. The second kappa shape index (κ2) is 5.88. The van der Waals surface area contributed by atoms with E-state index in [1.807, 2.05) is 0 Å². The predicted molar refractivity (Wildman–Crippen MR) is 24.4 cm³/mol. The maximum Gasteiger partial charge on any atom is 0.109 e. The third-order valence-corrected chi connectivity index (χ3v) is 0.402. The molecule has 0 saturated carbocycles. The monoisotopic (exact) mass is 105 g/mol. The van der Waals surface area contributed by atoms with Crippen molar-refractivity contribution >= 4 is 0 Å². The van der Waals surface area contributed by atoms with Crippen LogP contribution in [0.15, 0.2) is 0 Å². The van der Waals surface area contributed by atoms with E-state index in [4.69, 9.17) is 10.2 Å². The first-order chi connectivity index (χ1) is 3.41. The molecule has 0 fully saturated rings. The van der Waals surface area contributed by atoms with Gasteiger partial charge in [-0.3, -0.25) is 0 Å². The topological polar surface area (TPSA) is 49.7 Å². The molecule has 2 N–H and O–H groups in total. The van der Waals surface area contributed by atoms with Gasteiger partial charge in [0, 0.05) is 0 Å². The van der Waals surface area contributed by atoms with Gasteiger partial charge in [0.05, 0.1) is 19.8 Å². The molecule has 3 nitrogen and oxygen atoms in total. The summed E-state index contributed by atoms with van der Waals surface area (Å²) in [5.41, 5.74) is 0. The lowest BCUT2D eigenvalue weighted by Gasteiger charge is -1.93. The molecule has 7 heavy (non-hydrogen) atoms. The number of hydrogen-bond acceptors (Lipinski definition) is 3. The molecule has 0 heterocycles. The Morgan fingerprint density at radius 1 is 1.43 bits per heavy atom. The second-order valence-corrected chi connectivity index (χ2v) is 0.944. The molecule has 0 spiro atoms. The number of aliphatic hydroxyl groups excluding tert-OH is 2. The highest BCUT2D eigenvalue weighted by molar-refractivity contribution is 4.41. The maximum absolute atomic E-state index is 8.07. The summed E-state index contributed by atoms with van der Waals surface area (Å²) >= 11 is 0. The van der Waals surface area contributed by atoms with Crippen LogP contribution in [0, 0.1) is 6.61 Å². The minimum Gasteiger partial charge on any atom is -0.394 e. The van der Waals surface area contributed by atoms with Gasteiger partial charge < -0.3 is 14.9 Å². The predicted octanol–water partition coefficient (Wildman–Crippen LogP) is -0.851. The summed E-state index contributed by atoms with van der Waals surface area (Å²) < 4.78 is 4.51. The standard InChI is InChI=1S/C4H9O3/c5-1-3-7-4-2-6/h3,5-6H,1-2,4H2. The zero-order valence-electron chi connectivity index (χ0n) is 4.00. The highest BCUT2D eigenvalue weighted by Crippen LogP contribution is 1.75. The molecule has 3 heteroatoms. The van der Waals surface area contributed by atoms with Crippen LogP contribution in [0.1, 0.15) is 0 Å². The summed E-state index contributed by atoms with van der Waals surface area (Å²) in [6.07, 6.45) is 0. The lowest BCUT2D eigenvalue weighted by molar-refractivity contribution is 0.111. The fourth-order valence-electron chi connectivity index (χ4n) is 0.189. The Morgan fingerprint density at radius 3 is 2.57 bits per heavy atom. The lowest BCUT2D eigenvalue weighted by Crippen LogP contribution is -1.98. The Kier molecular flexibility index (Phi) is 5.78. The molecule has 0 aliphatic heterocycles. The first kappa shape index (κ1) is 6.88. The van der Waals surface area contributed by atoms with E-state index in [2.05, 4.69) is 4.74 Å². The minimum atomic E-state index is -0.0972. The Hall–Kier alpha value is -0.120. The van der Waals surface area contributed by atoms with E-state index in [0.717, 1.165) is 0 Å². The summed E-state index contributed by atoms with van der Waals surface area (Å²) in [5, 5.41) is 16.1. The molecular weight excluding hydrogens is 96.0 g/mol. The molecular formula is C4H9O3. The van der Waals surface area contributed by atoms with Crippen LogP contribution in [0.4, 0.5) is 0 Å². The summed E-state index contributed by atoms with van der Waals surface area (Å²) in [7, 11) is 0. The quantitative estimate of drug-likeness (QED) is 0.458. The SMILES string of the molecule is OC[CH]OCCO. The van der Waals surface area contributed by atoms with E-state index in [1.165, 1.54) is 6.61 Å². The lowest BCUT2D eigenvalue weighted by atomic mass is 10.7. The third kappa shape index (κ3) is 5.88. The van der Waals surface area contributed by atoms with E-state index in [1.54, 1.807) is 0 Å². The van der Waals surface area contributed by atoms with Crippen molar-refractivity contribution in [2.24, 2.45) is 0 Å². The first-order valence-corrected chi connectivity index (χ1v) is 2.07. The zero-order valence-corrected chi connectivity index (χ0v) is 4.00. The van der Waals surface area contributed by atoms with Gasteiger partial charge in [-0.1, -0.05) is 0 Å². The van der Waals surface area contributed by atoms with Crippen molar-refractivity contribution in [2.45, 2.75) is 0 Å². The number of aliphatic hydroxyl groups is 2. The van der Waals surface area contributed by atoms with Gasteiger partial charge >= 0.3 is 0 Å². The van der Waals surface area contributed by atoms with Gasteiger partial charge in [0.2, 0.25) is 0 Å². The van der Waals surface area contributed by atoms with Gasteiger partial charge in [0.15, 0.2) is 0 Å². The largest absolute Gasteiger partial charge is 0.394 e. The Morgan fingerprint density at radius 2 is 2.14 bits per heavy atom. The molecule has 0 saturated heterocycles. The van der Waals surface area contributed by atoms with Crippen LogP contribution in [0.5, 0.6) is 0 Å². The van der Waals surface area contributed by atoms with E-state index >= 15 is 0 Å². The summed E-state index contributed by atoms with van der Waals surface area (Å²) in [6.45, 7) is 1.40. The first-order valence-electron chi connectivity index (χ1n) is 2.07. The van der Waals surface area contributed by atoms with Gasteiger partial charge in [0.1, 0.15) is 6.61 Å². The zero-order chi connectivity index (χ0) is 5.54. The molecule has 43 valence electrons. The minimum absolute atomic E-state index is 0.00347. The molecule has 0 aromatic rings. The van der Waals surface area contributed by atoms with Gasteiger partial charge in [-0.25, -0.2) is 0 Å². The maximum atomic E-state index is 8.07. The molecule has 0 aliphatic rings. The van der Waals surface area contributed by atoms with E-state index in [0.29, 0.717) is 0 Å². The van der Waals surface area contributed by atoms with E-state index in [-0.39, 0.29) is 19.8 Å². The average molecular weight is 105 g/mol. The Balaban J connectivity index is 2.45. The molecule has 0 aromatic carbocycles. The third-order valence-electron chi connectivity index (χ3n) is 0.402. The van der Waals surface area contributed by atoms with Gasteiger partial charge in [0.25, 0.3) is 0 Å². The molecule has 0 unspecified atom stereocenters. The average Bonchev–Trinajstić information content (AvgIpc) is 1.69. The van der Waals surface area contributed by atoms with Gasteiger partial charge in [-0.05, 0) is 0 Å². The van der Waals surface area contributed by atoms with Crippen molar-refractivity contribution < 1.29 is 14.9 Å². The fraction of sp³-hybridized carbons (Fsp3) is 0.750. The van der Waals surface area contributed by atoms with Gasteiger partial charge in [-0.15, -0.1) is 0 Å². The van der Waals surface area contributed by atoms with Crippen molar-refractivity contribution in [2.75, 3.05) is 19.8 Å². The second-order valence-electron chi connectivity index (χ2n) is 0.944. The normalized spacial score (nSPS) is 9.43. The fourth-order valence-corrected chi connectivity index (χ4v) is 0.189. The van der Waals surface area contributed by atoms with Crippen LogP contribution in [0.25, 0.3) is 0 Å².